The van der Waals surface area contributed by atoms with Crippen LogP contribution in [0.2, 0.25) is 0 Å². The smallest absolute Gasteiger partial charge is 0.323 e. The van der Waals surface area contributed by atoms with Crippen molar-refractivity contribution in [1.29, 1.82) is 0 Å². The number of cyclic esters (lactones) is 1. The van der Waals surface area contributed by atoms with Crippen molar-refractivity contribution in [2.24, 2.45) is 11.7 Å². The second kappa shape index (κ2) is 18.4. The Morgan fingerprint density at radius 2 is 1.47 bits per heavy atom. The summed E-state index contributed by atoms with van der Waals surface area (Å²) in [6.45, 7) is 4.44. The molecule has 1 aliphatic rings. The van der Waals surface area contributed by atoms with Crippen LogP contribution in [-0.4, -0.2) is 30.2 Å². The molecule has 0 aliphatic carbocycles. The summed E-state index contributed by atoms with van der Waals surface area (Å²) >= 11 is 0. The average molecular weight is 502 g/mol. The van der Waals surface area contributed by atoms with Crippen molar-refractivity contribution >= 4 is 11.9 Å². The number of rotatable bonds is 21. The molecule has 0 radical (unpaired) electrons. The minimum Gasteiger partial charge on any atom is -0.461 e. The van der Waals surface area contributed by atoms with Crippen LogP contribution in [0.15, 0.2) is 30.3 Å². The summed E-state index contributed by atoms with van der Waals surface area (Å²) in [4.78, 5) is 24.9. The molecule has 0 amide bonds. The molecule has 36 heavy (non-hydrogen) atoms. The van der Waals surface area contributed by atoms with Crippen LogP contribution in [0.1, 0.15) is 122 Å². The van der Waals surface area contributed by atoms with E-state index in [4.69, 9.17) is 15.2 Å². The number of benzene rings is 1. The molecule has 5 nitrogen and oxygen atoms in total. The van der Waals surface area contributed by atoms with Crippen LogP contribution in [0.5, 0.6) is 0 Å². The van der Waals surface area contributed by atoms with Gasteiger partial charge in [-0.2, -0.15) is 0 Å². The summed E-state index contributed by atoms with van der Waals surface area (Å²) in [5, 5.41) is 0. The molecular formula is C31H51NO4. The quantitative estimate of drug-likeness (QED) is 0.141. The molecule has 2 N–H and O–H groups in total. The fraction of sp³-hybridized carbons (Fsp3) is 0.742. The molecule has 1 fully saturated rings. The van der Waals surface area contributed by atoms with Crippen LogP contribution in [0.4, 0.5) is 0 Å². The summed E-state index contributed by atoms with van der Waals surface area (Å²) in [5.41, 5.74) is 7.23. The summed E-state index contributed by atoms with van der Waals surface area (Å²) < 4.78 is 11.4. The third-order valence-electron chi connectivity index (χ3n) is 7.40. The van der Waals surface area contributed by atoms with Crippen LogP contribution in [0.25, 0.3) is 0 Å². The zero-order chi connectivity index (χ0) is 26.0. The van der Waals surface area contributed by atoms with Crippen LogP contribution in [0.3, 0.4) is 0 Å². The first-order valence-electron chi connectivity index (χ1n) is 14.8. The number of nitrogens with two attached hydrogens (primary N) is 1. The van der Waals surface area contributed by atoms with Gasteiger partial charge in [-0.05, 0) is 31.2 Å². The molecule has 4 atom stereocenters. The molecule has 1 heterocycles. The van der Waals surface area contributed by atoms with E-state index in [0.717, 1.165) is 44.1 Å². The zero-order valence-electron chi connectivity index (χ0n) is 22.9. The number of ether oxygens (including phenoxy) is 2. The van der Waals surface area contributed by atoms with E-state index >= 15 is 0 Å². The van der Waals surface area contributed by atoms with E-state index in [1.807, 2.05) is 30.3 Å². The fourth-order valence-corrected chi connectivity index (χ4v) is 5.08. The summed E-state index contributed by atoms with van der Waals surface area (Å²) in [6.07, 6.45) is 18.2. The molecule has 1 aromatic rings. The molecule has 0 saturated carbocycles. The van der Waals surface area contributed by atoms with Crippen LogP contribution in [0, 0.1) is 5.92 Å². The number of hydrogen-bond acceptors (Lipinski definition) is 5. The zero-order valence-corrected chi connectivity index (χ0v) is 22.9. The molecule has 0 aromatic heterocycles. The van der Waals surface area contributed by atoms with Crippen molar-refractivity contribution in [3.05, 3.63) is 35.9 Å². The van der Waals surface area contributed by atoms with Crippen LogP contribution in [-0.2, 0) is 25.5 Å². The highest BCUT2D eigenvalue weighted by molar-refractivity contribution is 5.78. The molecule has 1 aliphatic heterocycles. The van der Waals surface area contributed by atoms with E-state index in [2.05, 4.69) is 13.8 Å². The molecule has 0 bridgehead atoms. The monoisotopic (exact) mass is 501 g/mol. The van der Waals surface area contributed by atoms with E-state index in [0.29, 0.717) is 12.8 Å². The second-order valence-corrected chi connectivity index (χ2v) is 10.6. The molecule has 0 spiro atoms. The first-order chi connectivity index (χ1) is 17.5. The molecule has 5 heteroatoms. The lowest BCUT2D eigenvalue weighted by Gasteiger charge is -2.37. The Hall–Kier alpha value is -1.88. The van der Waals surface area contributed by atoms with Crippen LogP contribution < -0.4 is 5.73 Å². The second-order valence-electron chi connectivity index (χ2n) is 10.6. The van der Waals surface area contributed by atoms with Gasteiger partial charge >= 0.3 is 11.9 Å². The molecule has 204 valence electrons. The Balaban J connectivity index is 1.82. The molecule has 1 aromatic carbocycles. The minimum absolute atomic E-state index is 0.0517. The standard InChI is InChI=1S/C31H51NO4/c1-3-5-7-9-10-11-12-13-17-21-26(24-29-27(30(33)36-29)22-18-8-6-4-2)35-31(34)28(32)23-25-19-15-14-16-20-25/h14-16,19-20,26-29H,3-13,17-18,21-24,32H2,1-2H3/t26-,27-,28-,29-/m0/s1. The highest BCUT2D eigenvalue weighted by atomic mass is 16.6. The van der Waals surface area contributed by atoms with Gasteiger partial charge in [0.25, 0.3) is 0 Å². The average Bonchev–Trinajstić information content (AvgIpc) is 2.87. The van der Waals surface area contributed by atoms with Gasteiger partial charge in [-0.25, -0.2) is 0 Å². The van der Waals surface area contributed by atoms with Gasteiger partial charge in [0.15, 0.2) is 0 Å². The third kappa shape index (κ3) is 11.9. The Morgan fingerprint density at radius 1 is 0.889 bits per heavy atom. The fourth-order valence-electron chi connectivity index (χ4n) is 5.08. The summed E-state index contributed by atoms with van der Waals surface area (Å²) in [6, 6.07) is 9.12. The van der Waals surface area contributed by atoms with Crippen molar-refractivity contribution in [3.63, 3.8) is 0 Å². The Bertz CT molecular complexity index is 723. The Kier molecular flexibility index (Phi) is 15.5. The number of esters is 2. The molecule has 1 saturated heterocycles. The highest BCUT2D eigenvalue weighted by Crippen LogP contribution is 2.32. The lowest BCUT2D eigenvalue weighted by Crippen LogP contribution is -2.47. The lowest BCUT2D eigenvalue weighted by molar-refractivity contribution is -0.190. The normalized spacial score (nSPS) is 18.8. The third-order valence-corrected chi connectivity index (χ3v) is 7.40. The molecule has 2 rings (SSSR count). The first kappa shape index (κ1) is 30.3. The van der Waals surface area contributed by atoms with E-state index in [1.54, 1.807) is 0 Å². The Labute approximate surface area is 219 Å². The van der Waals surface area contributed by atoms with Gasteiger partial charge < -0.3 is 15.2 Å². The topological polar surface area (TPSA) is 78.6 Å². The summed E-state index contributed by atoms with van der Waals surface area (Å²) in [7, 11) is 0. The van der Waals surface area contributed by atoms with E-state index < -0.39 is 6.04 Å². The van der Waals surface area contributed by atoms with Crippen LogP contribution >= 0.6 is 0 Å². The van der Waals surface area contributed by atoms with Gasteiger partial charge in [0.05, 0.1) is 5.92 Å². The first-order valence-corrected chi connectivity index (χ1v) is 14.8. The number of unbranched alkanes of at least 4 members (excludes halogenated alkanes) is 11. The van der Waals surface area contributed by atoms with E-state index in [-0.39, 0.29) is 30.1 Å². The minimum atomic E-state index is -0.688. The lowest BCUT2D eigenvalue weighted by atomic mass is 9.86. The predicted octanol–water partition coefficient (Wildman–Crippen LogP) is 7.29. The maximum Gasteiger partial charge on any atom is 0.323 e. The van der Waals surface area contributed by atoms with Gasteiger partial charge in [-0.3, -0.25) is 9.59 Å². The maximum atomic E-state index is 12.8. The van der Waals surface area contributed by atoms with E-state index in [1.165, 1.54) is 57.8 Å². The SMILES string of the molecule is CCCCCCCCCCC[C@@H](C[C@@H]1OC(=O)[C@H]1CCCCCC)OC(=O)[C@@H](N)Cc1ccccc1. The summed E-state index contributed by atoms with van der Waals surface area (Å²) in [5.74, 6) is -0.500. The largest absolute Gasteiger partial charge is 0.461 e. The van der Waals surface area contributed by atoms with Gasteiger partial charge in [-0.1, -0.05) is 121 Å². The van der Waals surface area contributed by atoms with Crippen molar-refractivity contribution in [2.45, 2.75) is 141 Å². The number of carbonyl (C=O) groups excluding carboxylic acids is 2. The Morgan fingerprint density at radius 3 is 2.08 bits per heavy atom. The van der Waals surface area contributed by atoms with Crippen molar-refractivity contribution in [3.8, 4) is 0 Å². The van der Waals surface area contributed by atoms with Gasteiger partial charge in [0.1, 0.15) is 18.2 Å². The van der Waals surface area contributed by atoms with Crippen molar-refractivity contribution in [2.75, 3.05) is 0 Å². The molecule has 0 unspecified atom stereocenters. The van der Waals surface area contributed by atoms with Gasteiger partial charge in [0.2, 0.25) is 0 Å². The molecular weight excluding hydrogens is 450 g/mol. The number of carbonyl (C=O) groups is 2. The number of hydrogen-bond donors (Lipinski definition) is 1. The van der Waals surface area contributed by atoms with Gasteiger partial charge in [-0.15, -0.1) is 0 Å². The maximum absolute atomic E-state index is 12.8. The van der Waals surface area contributed by atoms with Gasteiger partial charge in [0, 0.05) is 6.42 Å². The van der Waals surface area contributed by atoms with Crippen molar-refractivity contribution < 1.29 is 19.1 Å². The van der Waals surface area contributed by atoms with Crippen molar-refractivity contribution in [1.82, 2.24) is 0 Å². The van der Waals surface area contributed by atoms with E-state index in [9.17, 15) is 9.59 Å². The predicted molar refractivity (Wildman–Crippen MR) is 147 cm³/mol. The highest BCUT2D eigenvalue weighted by Gasteiger charge is 2.43.